The number of unbranched alkanes of at least 4 members (excludes halogenated alkanes) is 1. The normalized spacial score (nSPS) is 14.0. The summed E-state index contributed by atoms with van der Waals surface area (Å²) in [5.41, 5.74) is 10.5. The monoisotopic (exact) mass is 558 g/mol. The Kier molecular flexibility index (Phi) is 8.80. The van der Waals surface area contributed by atoms with E-state index in [1.807, 2.05) is 52.3 Å². The van der Waals surface area contributed by atoms with Crippen molar-refractivity contribution in [3.63, 3.8) is 0 Å². The number of carboxylic acids is 1. The summed E-state index contributed by atoms with van der Waals surface area (Å²) in [5, 5.41) is 19.9. The second-order valence-corrected chi connectivity index (χ2v) is 10.9. The molecule has 0 aliphatic carbocycles. The standard InChI is InChI=1S/C31H38N6O4/c1-2-3-12-26-34-29-30(24-10-4-5-11-25(24)33-31(29)32)37(26)14-7-13-36(27(39)20-35-18-23(38)19-35)17-22-9-6-8-21(15-22)16-28(40)41/h4-6,8-11,15,23,38H,2-3,7,12-14,16-20H2,1H3,(H2,32,33)(H,40,41). The molecule has 10 heteroatoms. The Labute approximate surface area is 239 Å². The number of aliphatic hydroxyl groups is 1. The number of β-amino-alcohol motifs (C(OH)–C–C–N with tert-alkyl or cyclic N) is 1. The third-order valence-corrected chi connectivity index (χ3v) is 7.62. The number of pyridine rings is 1. The minimum atomic E-state index is -0.888. The lowest BCUT2D eigenvalue weighted by Crippen LogP contribution is -2.54. The van der Waals surface area contributed by atoms with Crippen molar-refractivity contribution in [3.8, 4) is 0 Å². The van der Waals surface area contributed by atoms with Gasteiger partial charge in [0.2, 0.25) is 5.91 Å². The number of para-hydroxylation sites is 1. The second kappa shape index (κ2) is 12.7. The van der Waals surface area contributed by atoms with E-state index >= 15 is 0 Å². The van der Waals surface area contributed by atoms with Crippen LogP contribution in [0.5, 0.6) is 0 Å². The maximum Gasteiger partial charge on any atom is 0.307 e. The number of fused-ring (bicyclic) bond motifs is 3. The van der Waals surface area contributed by atoms with Gasteiger partial charge < -0.3 is 25.4 Å². The fraction of sp³-hybridized carbons (Fsp3) is 0.419. The van der Waals surface area contributed by atoms with Gasteiger partial charge in [0, 0.05) is 44.5 Å². The Morgan fingerprint density at radius 3 is 2.61 bits per heavy atom. The van der Waals surface area contributed by atoms with Gasteiger partial charge in [0.1, 0.15) is 11.3 Å². The molecule has 1 aliphatic heterocycles. The maximum atomic E-state index is 13.4. The number of amides is 1. The number of nitrogens with zero attached hydrogens (tertiary/aromatic N) is 5. The summed E-state index contributed by atoms with van der Waals surface area (Å²) in [6.07, 6.45) is 3.14. The van der Waals surface area contributed by atoms with Crippen molar-refractivity contribution in [2.75, 3.05) is 31.9 Å². The van der Waals surface area contributed by atoms with Crippen LogP contribution in [0.4, 0.5) is 5.82 Å². The van der Waals surface area contributed by atoms with Gasteiger partial charge in [-0.15, -0.1) is 0 Å². The highest BCUT2D eigenvalue weighted by Gasteiger charge is 2.28. The molecule has 0 spiro atoms. The Morgan fingerprint density at radius 1 is 1.07 bits per heavy atom. The number of aryl methyl sites for hydroxylation is 2. The lowest BCUT2D eigenvalue weighted by molar-refractivity contribution is -0.137. The first-order valence-electron chi connectivity index (χ1n) is 14.3. The van der Waals surface area contributed by atoms with Gasteiger partial charge in [-0.05, 0) is 30.0 Å². The third kappa shape index (κ3) is 6.66. The molecule has 0 saturated carbocycles. The van der Waals surface area contributed by atoms with E-state index in [2.05, 4.69) is 16.5 Å². The summed E-state index contributed by atoms with van der Waals surface area (Å²) >= 11 is 0. The molecule has 4 N–H and O–H groups in total. The lowest BCUT2D eigenvalue weighted by Gasteiger charge is -2.36. The lowest BCUT2D eigenvalue weighted by atomic mass is 10.1. The van der Waals surface area contributed by atoms with Crippen molar-refractivity contribution in [2.24, 2.45) is 0 Å². The Morgan fingerprint density at radius 2 is 1.85 bits per heavy atom. The van der Waals surface area contributed by atoms with Gasteiger partial charge in [-0.1, -0.05) is 55.8 Å². The molecule has 0 radical (unpaired) electrons. The predicted octanol–water partition coefficient (Wildman–Crippen LogP) is 3.23. The Hall–Kier alpha value is -4.02. The number of imidazole rings is 1. The van der Waals surface area contributed by atoms with Crippen molar-refractivity contribution in [1.29, 1.82) is 0 Å². The number of rotatable bonds is 13. The quantitative estimate of drug-likeness (QED) is 0.227. The number of carbonyl (C=O) groups is 2. The molecule has 2 aromatic carbocycles. The van der Waals surface area contributed by atoms with Crippen molar-refractivity contribution in [3.05, 3.63) is 65.5 Å². The SMILES string of the molecule is CCCCc1nc2c(N)nc3ccccc3c2n1CCCN(Cc1cccc(CC(=O)O)c1)C(=O)CN1CC(O)C1. The summed E-state index contributed by atoms with van der Waals surface area (Å²) in [6.45, 7) is 4.96. The summed E-state index contributed by atoms with van der Waals surface area (Å²) in [6, 6.07) is 15.4. The molecule has 1 fully saturated rings. The minimum Gasteiger partial charge on any atom is -0.481 e. The molecule has 1 aliphatic rings. The van der Waals surface area contributed by atoms with E-state index < -0.39 is 5.97 Å². The number of likely N-dealkylation sites (tertiary alicyclic amines) is 1. The van der Waals surface area contributed by atoms with Crippen LogP contribution in [0.3, 0.4) is 0 Å². The second-order valence-electron chi connectivity index (χ2n) is 10.9. The summed E-state index contributed by atoms with van der Waals surface area (Å²) < 4.78 is 2.24. The number of hydrogen-bond acceptors (Lipinski definition) is 7. The highest BCUT2D eigenvalue weighted by atomic mass is 16.4. The van der Waals surface area contributed by atoms with E-state index in [0.29, 0.717) is 56.0 Å². The van der Waals surface area contributed by atoms with Gasteiger partial charge in [0.05, 0.1) is 30.1 Å². The first kappa shape index (κ1) is 28.5. The molecule has 2 aromatic heterocycles. The zero-order valence-corrected chi connectivity index (χ0v) is 23.5. The molecule has 0 unspecified atom stereocenters. The van der Waals surface area contributed by atoms with Gasteiger partial charge in [-0.2, -0.15) is 0 Å². The number of aromatic nitrogens is 3. The zero-order valence-electron chi connectivity index (χ0n) is 23.5. The van der Waals surface area contributed by atoms with Gasteiger partial charge in [-0.25, -0.2) is 9.97 Å². The van der Waals surface area contributed by atoms with Crippen molar-refractivity contribution >= 4 is 39.6 Å². The fourth-order valence-electron chi connectivity index (χ4n) is 5.58. The topological polar surface area (TPSA) is 138 Å². The number of nitrogens with two attached hydrogens (primary N) is 1. The van der Waals surface area contributed by atoms with Crippen LogP contribution in [0.2, 0.25) is 0 Å². The third-order valence-electron chi connectivity index (χ3n) is 7.62. The molecule has 216 valence electrons. The number of aliphatic carboxylic acids is 1. The van der Waals surface area contributed by atoms with Crippen molar-refractivity contribution in [1.82, 2.24) is 24.3 Å². The van der Waals surface area contributed by atoms with Crippen LogP contribution in [-0.4, -0.2) is 78.7 Å². The number of nitrogen functional groups attached to an aromatic ring is 1. The van der Waals surface area contributed by atoms with E-state index in [0.717, 1.165) is 47.1 Å². The molecule has 10 nitrogen and oxygen atoms in total. The fourth-order valence-corrected chi connectivity index (χ4v) is 5.58. The summed E-state index contributed by atoms with van der Waals surface area (Å²) in [7, 11) is 0. The van der Waals surface area contributed by atoms with E-state index in [9.17, 15) is 19.8 Å². The van der Waals surface area contributed by atoms with E-state index in [1.54, 1.807) is 6.07 Å². The van der Waals surface area contributed by atoms with Crippen LogP contribution in [-0.2, 0) is 35.5 Å². The number of carbonyl (C=O) groups excluding carboxylic acids is 1. The number of hydrogen-bond donors (Lipinski definition) is 3. The molecule has 4 aromatic rings. The molecule has 1 saturated heterocycles. The molecular formula is C31H38N6O4. The molecular weight excluding hydrogens is 520 g/mol. The number of carboxylic acid groups (broad SMARTS) is 1. The first-order chi connectivity index (χ1) is 19.8. The number of anilines is 1. The molecule has 3 heterocycles. The van der Waals surface area contributed by atoms with Gasteiger partial charge in [-0.3, -0.25) is 14.5 Å². The molecule has 0 atom stereocenters. The van der Waals surface area contributed by atoms with Crippen molar-refractivity contribution < 1.29 is 19.8 Å². The summed E-state index contributed by atoms with van der Waals surface area (Å²) in [4.78, 5) is 37.9. The molecule has 41 heavy (non-hydrogen) atoms. The average molecular weight is 559 g/mol. The zero-order chi connectivity index (χ0) is 28.9. The van der Waals surface area contributed by atoms with E-state index in [1.165, 1.54) is 0 Å². The number of aliphatic hydroxyl groups excluding tert-OH is 1. The highest BCUT2D eigenvalue weighted by Crippen LogP contribution is 2.29. The highest BCUT2D eigenvalue weighted by molar-refractivity contribution is 6.06. The van der Waals surface area contributed by atoms with Crippen LogP contribution in [0.1, 0.15) is 43.1 Å². The van der Waals surface area contributed by atoms with E-state index in [-0.39, 0.29) is 25.0 Å². The smallest absolute Gasteiger partial charge is 0.307 e. The largest absolute Gasteiger partial charge is 0.481 e. The van der Waals surface area contributed by atoms with Crippen LogP contribution in [0.25, 0.3) is 21.9 Å². The average Bonchev–Trinajstić information content (AvgIpc) is 3.29. The van der Waals surface area contributed by atoms with Crippen LogP contribution >= 0.6 is 0 Å². The van der Waals surface area contributed by atoms with Crippen LogP contribution in [0, 0.1) is 0 Å². The minimum absolute atomic E-state index is 0.0128. The molecule has 0 bridgehead atoms. The molecule has 5 rings (SSSR count). The van der Waals surface area contributed by atoms with Crippen LogP contribution in [0.15, 0.2) is 48.5 Å². The predicted molar refractivity (Wildman–Crippen MR) is 158 cm³/mol. The number of benzene rings is 2. The first-order valence-corrected chi connectivity index (χ1v) is 14.3. The maximum absolute atomic E-state index is 13.4. The molecule has 1 amide bonds. The van der Waals surface area contributed by atoms with Gasteiger partial charge in [0.25, 0.3) is 0 Å². The van der Waals surface area contributed by atoms with E-state index in [4.69, 9.17) is 10.7 Å². The van der Waals surface area contributed by atoms with Gasteiger partial charge in [0.15, 0.2) is 5.82 Å². The van der Waals surface area contributed by atoms with Crippen LogP contribution < -0.4 is 5.73 Å². The van der Waals surface area contributed by atoms with Gasteiger partial charge >= 0.3 is 5.97 Å². The summed E-state index contributed by atoms with van der Waals surface area (Å²) in [5.74, 6) is 0.493. The Bertz CT molecular complexity index is 1540. The van der Waals surface area contributed by atoms with Crippen molar-refractivity contribution in [2.45, 2.75) is 58.2 Å². The Balaban J connectivity index is 1.39.